The zero-order chi connectivity index (χ0) is 22.0. The topological polar surface area (TPSA) is 71.3 Å². The van der Waals surface area contributed by atoms with Crippen molar-refractivity contribution in [2.45, 2.75) is 31.5 Å². The van der Waals surface area contributed by atoms with Gasteiger partial charge in [-0.1, -0.05) is 28.9 Å². The predicted octanol–water partition coefficient (Wildman–Crippen LogP) is 6.17. The number of para-hydroxylation sites is 1. The summed E-state index contributed by atoms with van der Waals surface area (Å²) in [6.45, 7) is 0.364. The maximum Gasteiger partial charge on any atom is 0.418 e. The molecule has 2 heterocycles. The number of aromatic nitrogens is 2. The maximum atomic E-state index is 13.3. The Hall–Kier alpha value is -3.07. The van der Waals surface area contributed by atoms with Crippen LogP contribution < -0.4 is 5.32 Å². The van der Waals surface area contributed by atoms with Crippen molar-refractivity contribution in [2.24, 2.45) is 0 Å². The number of anilines is 1. The minimum Gasteiger partial charge on any atom is -0.337 e. The number of nitrogens with one attached hydrogen (secondary N) is 1. The SMILES string of the molecule is O=C(Nc1ccccc1C(F)(F)F)N1CCCCC1c1nc(-c2ccc(Cl)cc2)no1. The van der Waals surface area contributed by atoms with Crippen molar-refractivity contribution in [3.63, 3.8) is 0 Å². The van der Waals surface area contributed by atoms with E-state index in [1.54, 1.807) is 24.3 Å². The third-order valence-electron chi connectivity index (χ3n) is 5.07. The van der Waals surface area contributed by atoms with Crippen LogP contribution >= 0.6 is 11.6 Å². The summed E-state index contributed by atoms with van der Waals surface area (Å²) in [5, 5.41) is 6.94. The molecular formula is C21H18ClF3N4O2. The molecule has 1 atom stereocenters. The van der Waals surface area contributed by atoms with Gasteiger partial charge in [-0.3, -0.25) is 0 Å². The van der Waals surface area contributed by atoms with E-state index < -0.39 is 23.8 Å². The lowest BCUT2D eigenvalue weighted by Crippen LogP contribution is -2.41. The number of halogens is 4. The number of urea groups is 1. The van der Waals surface area contributed by atoms with Gasteiger partial charge in [-0.2, -0.15) is 18.2 Å². The standard InChI is InChI=1S/C21H18ClF3N4O2/c22-14-10-8-13(9-11-14)18-27-19(31-28-18)17-7-3-4-12-29(17)20(30)26-16-6-2-1-5-15(16)21(23,24)25/h1-2,5-6,8-11,17H,3-4,7,12H2,(H,26,30). The van der Waals surface area contributed by atoms with Crippen molar-refractivity contribution in [3.8, 4) is 11.4 Å². The molecule has 1 aliphatic rings. The Balaban J connectivity index is 1.56. The normalized spacial score (nSPS) is 16.9. The van der Waals surface area contributed by atoms with Crippen LogP contribution in [0.1, 0.15) is 36.8 Å². The van der Waals surface area contributed by atoms with Gasteiger partial charge in [0, 0.05) is 17.1 Å². The largest absolute Gasteiger partial charge is 0.418 e. The second kappa shape index (κ2) is 8.58. The van der Waals surface area contributed by atoms with E-state index in [-0.39, 0.29) is 11.6 Å². The molecule has 2 amide bonds. The van der Waals surface area contributed by atoms with Crippen LogP contribution in [0.4, 0.5) is 23.7 Å². The summed E-state index contributed by atoms with van der Waals surface area (Å²) in [7, 11) is 0. The van der Waals surface area contributed by atoms with E-state index in [9.17, 15) is 18.0 Å². The molecule has 10 heteroatoms. The minimum absolute atomic E-state index is 0.240. The summed E-state index contributed by atoms with van der Waals surface area (Å²) in [6, 6.07) is 10.6. The number of carbonyl (C=O) groups is 1. The number of piperidine rings is 1. The molecule has 1 aromatic heterocycles. The molecule has 162 valence electrons. The first kappa shape index (κ1) is 21.2. The summed E-state index contributed by atoms with van der Waals surface area (Å²) in [6.07, 6.45) is -2.46. The Labute approximate surface area is 181 Å². The number of rotatable bonds is 3. The number of likely N-dealkylation sites (tertiary alicyclic amines) is 1. The fourth-order valence-corrected chi connectivity index (χ4v) is 3.67. The lowest BCUT2D eigenvalue weighted by atomic mass is 10.0. The number of hydrogen-bond acceptors (Lipinski definition) is 4. The lowest BCUT2D eigenvalue weighted by Gasteiger charge is -2.33. The highest BCUT2D eigenvalue weighted by atomic mass is 35.5. The molecule has 31 heavy (non-hydrogen) atoms. The highest BCUT2D eigenvalue weighted by Crippen LogP contribution is 2.36. The van der Waals surface area contributed by atoms with Crippen molar-refractivity contribution in [1.29, 1.82) is 0 Å². The highest BCUT2D eigenvalue weighted by Gasteiger charge is 2.36. The van der Waals surface area contributed by atoms with Crippen molar-refractivity contribution in [3.05, 3.63) is 65.0 Å². The molecule has 4 rings (SSSR count). The Morgan fingerprint density at radius 2 is 1.87 bits per heavy atom. The van der Waals surface area contributed by atoms with E-state index in [0.29, 0.717) is 29.4 Å². The summed E-state index contributed by atoms with van der Waals surface area (Å²) >= 11 is 5.90. The van der Waals surface area contributed by atoms with Crippen molar-refractivity contribution >= 4 is 23.3 Å². The van der Waals surface area contributed by atoms with Gasteiger partial charge >= 0.3 is 12.2 Å². The molecule has 1 aliphatic heterocycles. The molecule has 1 saturated heterocycles. The van der Waals surface area contributed by atoms with E-state index in [1.165, 1.54) is 23.1 Å². The number of amides is 2. The van der Waals surface area contributed by atoms with Gasteiger partial charge in [0.25, 0.3) is 0 Å². The minimum atomic E-state index is -4.58. The van der Waals surface area contributed by atoms with Crippen molar-refractivity contribution in [1.82, 2.24) is 15.0 Å². The van der Waals surface area contributed by atoms with Gasteiger partial charge in [0.1, 0.15) is 6.04 Å². The molecule has 3 aromatic rings. The third kappa shape index (κ3) is 4.66. The van der Waals surface area contributed by atoms with Crippen molar-refractivity contribution < 1.29 is 22.5 Å². The zero-order valence-corrected chi connectivity index (χ0v) is 17.0. The van der Waals surface area contributed by atoms with Gasteiger partial charge in [-0.25, -0.2) is 4.79 Å². The highest BCUT2D eigenvalue weighted by molar-refractivity contribution is 6.30. The second-order valence-corrected chi connectivity index (χ2v) is 7.58. The van der Waals surface area contributed by atoms with E-state index in [4.69, 9.17) is 16.1 Å². The molecule has 0 spiro atoms. The van der Waals surface area contributed by atoms with E-state index >= 15 is 0 Å². The average Bonchev–Trinajstić information content (AvgIpc) is 3.24. The Morgan fingerprint density at radius 3 is 2.61 bits per heavy atom. The first-order valence-corrected chi connectivity index (χ1v) is 10.0. The van der Waals surface area contributed by atoms with E-state index in [2.05, 4.69) is 15.5 Å². The Kier molecular flexibility index (Phi) is 5.86. The molecule has 0 aliphatic carbocycles. The van der Waals surface area contributed by atoms with Gasteiger partial charge in [0.2, 0.25) is 11.7 Å². The third-order valence-corrected chi connectivity index (χ3v) is 5.32. The number of carbonyl (C=O) groups excluding carboxylic acids is 1. The molecule has 0 bridgehead atoms. The molecule has 0 radical (unpaired) electrons. The Morgan fingerprint density at radius 1 is 1.13 bits per heavy atom. The van der Waals surface area contributed by atoms with Crippen molar-refractivity contribution in [2.75, 3.05) is 11.9 Å². The van der Waals surface area contributed by atoms with Gasteiger partial charge < -0.3 is 14.7 Å². The van der Waals surface area contributed by atoms with Crippen LogP contribution in [0, 0.1) is 0 Å². The van der Waals surface area contributed by atoms with Crippen LogP contribution in [0.3, 0.4) is 0 Å². The second-order valence-electron chi connectivity index (χ2n) is 7.14. The van der Waals surface area contributed by atoms with Crippen LogP contribution in [0.25, 0.3) is 11.4 Å². The number of benzene rings is 2. The molecular weight excluding hydrogens is 433 g/mol. The fraction of sp³-hybridized carbons (Fsp3) is 0.286. The predicted molar refractivity (Wildman–Crippen MR) is 109 cm³/mol. The average molecular weight is 451 g/mol. The lowest BCUT2D eigenvalue weighted by molar-refractivity contribution is -0.136. The first-order chi connectivity index (χ1) is 14.8. The molecule has 1 fully saturated rings. The van der Waals surface area contributed by atoms with Crippen LogP contribution in [-0.4, -0.2) is 27.6 Å². The monoisotopic (exact) mass is 450 g/mol. The van der Waals surface area contributed by atoms with Gasteiger partial charge in [-0.15, -0.1) is 0 Å². The summed E-state index contributed by atoms with van der Waals surface area (Å²) < 4.78 is 45.2. The summed E-state index contributed by atoms with van der Waals surface area (Å²) in [5.74, 6) is 0.587. The summed E-state index contributed by atoms with van der Waals surface area (Å²) in [4.78, 5) is 18.7. The van der Waals surface area contributed by atoms with Crippen LogP contribution in [0.5, 0.6) is 0 Å². The molecule has 1 unspecified atom stereocenters. The van der Waals surface area contributed by atoms with Gasteiger partial charge in [0.05, 0.1) is 11.3 Å². The first-order valence-electron chi connectivity index (χ1n) is 9.66. The van der Waals surface area contributed by atoms with E-state index in [1.807, 2.05) is 0 Å². The van der Waals surface area contributed by atoms with Crippen LogP contribution in [-0.2, 0) is 6.18 Å². The fourth-order valence-electron chi connectivity index (χ4n) is 3.54. The molecule has 6 nitrogen and oxygen atoms in total. The smallest absolute Gasteiger partial charge is 0.337 e. The van der Waals surface area contributed by atoms with Gasteiger partial charge in [-0.05, 0) is 55.7 Å². The number of alkyl halides is 3. The Bertz CT molecular complexity index is 1070. The van der Waals surface area contributed by atoms with Crippen LogP contribution in [0.2, 0.25) is 5.02 Å². The molecule has 2 aromatic carbocycles. The maximum absolute atomic E-state index is 13.3. The number of nitrogens with zero attached hydrogens (tertiary/aromatic N) is 3. The number of hydrogen-bond donors (Lipinski definition) is 1. The zero-order valence-electron chi connectivity index (χ0n) is 16.2. The van der Waals surface area contributed by atoms with Gasteiger partial charge in [0.15, 0.2) is 0 Å². The quantitative estimate of drug-likeness (QED) is 0.518. The molecule has 0 saturated carbocycles. The van der Waals surface area contributed by atoms with Crippen LogP contribution in [0.15, 0.2) is 53.1 Å². The van der Waals surface area contributed by atoms with E-state index in [0.717, 1.165) is 18.9 Å². The summed E-state index contributed by atoms with van der Waals surface area (Å²) in [5.41, 5.74) is -0.498. The molecule has 1 N–H and O–H groups in total.